The molecule has 2 aliphatic heterocycles. The van der Waals surface area contributed by atoms with Gasteiger partial charge in [0.25, 0.3) is 0 Å². The molecule has 0 radical (unpaired) electrons. The molecule has 0 fully saturated rings. The van der Waals surface area contributed by atoms with Gasteiger partial charge in [0.15, 0.2) is 0 Å². The molecule has 0 aliphatic carbocycles. The Morgan fingerprint density at radius 3 is 2.44 bits per heavy atom. The zero-order chi connectivity index (χ0) is 17.2. The van der Waals surface area contributed by atoms with Crippen LogP contribution < -0.4 is 4.90 Å². The van der Waals surface area contributed by atoms with E-state index in [2.05, 4.69) is 42.2 Å². The third-order valence-electron chi connectivity index (χ3n) is 4.13. The summed E-state index contributed by atoms with van der Waals surface area (Å²) < 4.78 is 0. The average Bonchev–Trinajstić information content (AvgIpc) is 3.16. The van der Waals surface area contributed by atoms with E-state index in [9.17, 15) is 4.79 Å². The summed E-state index contributed by atoms with van der Waals surface area (Å²) in [7, 11) is 0. The number of thioether (sulfide) groups is 2. The van der Waals surface area contributed by atoms with Crippen molar-refractivity contribution in [3.05, 3.63) is 88.3 Å². The molecule has 0 aromatic heterocycles. The number of fused-ring (bicyclic) bond motifs is 2. The van der Waals surface area contributed by atoms with Gasteiger partial charge in [-0.1, -0.05) is 59.9 Å². The van der Waals surface area contributed by atoms with Gasteiger partial charge in [0.05, 0.1) is 15.6 Å². The molecule has 0 saturated carbocycles. The molecule has 0 amide bonds. The quantitative estimate of drug-likeness (QED) is 0.634. The van der Waals surface area contributed by atoms with Crippen LogP contribution in [0.1, 0.15) is 17.3 Å². The lowest BCUT2D eigenvalue weighted by molar-refractivity contribution is 0.104. The molecule has 0 spiro atoms. The summed E-state index contributed by atoms with van der Waals surface area (Å²) in [4.78, 5) is 17.8. The fraction of sp³-hybridized carbons (Fsp3) is 0.0952. The number of anilines is 1. The topological polar surface area (TPSA) is 20.3 Å². The molecule has 2 heterocycles. The maximum atomic E-state index is 12.3. The molecule has 0 atom stereocenters. The lowest BCUT2D eigenvalue weighted by Gasteiger charge is -2.17. The van der Waals surface area contributed by atoms with Gasteiger partial charge in [-0.2, -0.15) is 0 Å². The van der Waals surface area contributed by atoms with E-state index in [1.54, 1.807) is 23.5 Å². The maximum absolute atomic E-state index is 12.3. The number of benzene rings is 2. The average molecular weight is 364 g/mol. The van der Waals surface area contributed by atoms with Crippen molar-refractivity contribution in [2.45, 2.75) is 16.7 Å². The number of carbonyl (C=O) groups is 1. The second kappa shape index (κ2) is 6.98. The number of rotatable bonds is 3. The molecule has 0 unspecified atom stereocenters. The highest BCUT2D eigenvalue weighted by Gasteiger charge is 2.24. The van der Waals surface area contributed by atoms with Gasteiger partial charge in [0, 0.05) is 21.9 Å². The maximum Gasteiger partial charge on any atom is 0.200 e. The molecule has 25 heavy (non-hydrogen) atoms. The smallest absolute Gasteiger partial charge is 0.200 e. The summed E-state index contributed by atoms with van der Waals surface area (Å²) in [5, 5.41) is 1.21. The SMILES string of the molecule is CCN1\C(=C/C=C/C=C2\Sc3ccccc3C2=O)Sc2ccccc21. The Morgan fingerprint density at radius 1 is 0.920 bits per heavy atom. The van der Waals surface area contributed by atoms with Crippen LogP contribution in [0.5, 0.6) is 0 Å². The summed E-state index contributed by atoms with van der Waals surface area (Å²) in [6.07, 6.45) is 7.99. The Kier molecular flexibility index (Phi) is 4.55. The number of carbonyl (C=O) groups excluding carboxylic acids is 1. The van der Waals surface area contributed by atoms with E-state index in [-0.39, 0.29) is 5.78 Å². The highest BCUT2D eigenvalue weighted by atomic mass is 32.2. The van der Waals surface area contributed by atoms with Crippen molar-refractivity contribution in [3.8, 4) is 0 Å². The molecule has 4 heteroatoms. The summed E-state index contributed by atoms with van der Waals surface area (Å²) in [6, 6.07) is 16.2. The highest BCUT2D eigenvalue weighted by Crippen LogP contribution is 2.45. The lowest BCUT2D eigenvalue weighted by atomic mass is 10.1. The van der Waals surface area contributed by atoms with Gasteiger partial charge in [-0.15, -0.1) is 0 Å². The van der Waals surface area contributed by atoms with Gasteiger partial charge < -0.3 is 4.90 Å². The fourth-order valence-electron chi connectivity index (χ4n) is 2.93. The first-order chi connectivity index (χ1) is 12.3. The van der Waals surface area contributed by atoms with Gasteiger partial charge in [-0.25, -0.2) is 0 Å². The van der Waals surface area contributed by atoms with Gasteiger partial charge in [-0.3, -0.25) is 4.79 Å². The van der Waals surface area contributed by atoms with Gasteiger partial charge in [0.2, 0.25) is 5.78 Å². The second-order valence-corrected chi connectivity index (χ2v) is 7.81. The van der Waals surface area contributed by atoms with E-state index < -0.39 is 0 Å². The molecular weight excluding hydrogens is 346 g/mol. The van der Waals surface area contributed by atoms with Crippen molar-refractivity contribution in [1.82, 2.24) is 0 Å². The number of nitrogens with zero attached hydrogens (tertiary/aromatic N) is 1. The Labute approximate surface area is 156 Å². The molecule has 0 bridgehead atoms. The first-order valence-electron chi connectivity index (χ1n) is 8.22. The molecule has 124 valence electrons. The number of Topliss-reactive ketones (excluding diaryl/α,β-unsaturated/α-hetero) is 1. The Morgan fingerprint density at radius 2 is 1.64 bits per heavy atom. The predicted octanol–water partition coefficient (Wildman–Crippen LogP) is 5.89. The van der Waals surface area contributed by atoms with Gasteiger partial charge in [0.1, 0.15) is 0 Å². The minimum atomic E-state index is 0.121. The molecule has 2 aromatic rings. The highest BCUT2D eigenvalue weighted by molar-refractivity contribution is 8.04. The minimum Gasteiger partial charge on any atom is -0.335 e. The monoisotopic (exact) mass is 363 g/mol. The molecule has 2 aliphatic rings. The number of hydrogen-bond acceptors (Lipinski definition) is 4. The standard InChI is InChI=1S/C21H17NOS2/c1-2-22-16-10-4-6-12-18(16)25-20(22)14-8-7-13-19-21(23)15-9-3-5-11-17(15)24-19/h3-14H,2H2,1H3/b8-7+,19-13-,20-14+. The van der Waals surface area contributed by atoms with E-state index in [1.807, 2.05) is 42.5 Å². The molecular formula is C21H17NOS2. The van der Waals surface area contributed by atoms with E-state index >= 15 is 0 Å². The van der Waals surface area contributed by atoms with Crippen molar-refractivity contribution in [2.24, 2.45) is 0 Å². The normalized spacial score (nSPS) is 19.2. The summed E-state index contributed by atoms with van der Waals surface area (Å²) in [6.45, 7) is 3.10. The van der Waals surface area contributed by atoms with E-state index in [4.69, 9.17) is 0 Å². The van der Waals surface area contributed by atoms with Crippen LogP contribution in [0.25, 0.3) is 0 Å². The van der Waals surface area contributed by atoms with Crippen LogP contribution in [0.3, 0.4) is 0 Å². The lowest BCUT2D eigenvalue weighted by Crippen LogP contribution is -2.16. The Hall–Kier alpha value is -2.17. The Bertz CT molecular complexity index is 927. The van der Waals surface area contributed by atoms with Crippen molar-refractivity contribution in [2.75, 3.05) is 11.4 Å². The first-order valence-corrected chi connectivity index (χ1v) is 9.86. The van der Waals surface area contributed by atoms with Crippen LogP contribution in [0.4, 0.5) is 5.69 Å². The summed E-state index contributed by atoms with van der Waals surface area (Å²) >= 11 is 3.33. The van der Waals surface area contributed by atoms with Crippen LogP contribution in [-0.2, 0) is 0 Å². The number of ketones is 1. The zero-order valence-corrected chi connectivity index (χ0v) is 15.4. The third-order valence-corrected chi connectivity index (χ3v) is 6.37. The van der Waals surface area contributed by atoms with E-state index in [1.165, 1.54) is 15.6 Å². The van der Waals surface area contributed by atoms with Crippen molar-refractivity contribution < 1.29 is 4.79 Å². The first kappa shape index (κ1) is 16.3. The van der Waals surface area contributed by atoms with Crippen LogP contribution in [-0.4, -0.2) is 12.3 Å². The van der Waals surface area contributed by atoms with Crippen molar-refractivity contribution >= 4 is 35.0 Å². The van der Waals surface area contributed by atoms with Gasteiger partial charge >= 0.3 is 0 Å². The van der Waals surface area contributed by atoms with Crippen molar-refractivity contribution in [1.29, 1.82) is 0 Å². The van der Waals surface area contributed by atoms with Crippen LogP contribution in [0, 0.1) is 0 Å². The molecule has 0 saturated heterocycles. The largest absolute Gasteiger partial charge is 0.335 e. The molecule has 2 nitrogen and oxygen atoms in total. The zero-order valence-electron chi connectivity index (χ0n) is 13.8. The Balaban J connectivity index is 1.51. The predicted molar refractivity (Wildman–Crippen MR) is 107 cm³/mol. The number of allylic oxidation sites excluding steroid dienone is 5. The van der Waals surface area contributed by atoms with Crippen LogP contribution >= 0.6 is 23.5 Å². The number of para-hydroxylation sites is 1. The third kappa shape index (κ3) is 3.08. The van der Waals surface area contributed by atoms with Gasteiger partial charge in [-0.05, 0) is 43.3 Å². The van der Waals surface area contributed by atoms with Crippen LogP contribution in [0.15, 0.2) is 92.6 Å². The number of hydrogen-bond donors (Lipinski definition) is 0. The summed E-state index contributed by atoms with van der Waals surface area (Å²) in [5.41, 5.74) is 2.08. The van der Waals surface area contributed by atoms with E-state index in [0.29, 0.717) is 0 Å². The second-order valence-electron chi connectivity index (χ2n) is 5.66. The molecule has 0 N–H and O–H groups in total. The van der Waals surface area contributed by atoms with Crippen molar-refractivity contribution in [3.63, 3.8) is 0 Å². The molecule has 2 aromatic carbocycles. The fourth-order valence-corrected chi connectivity index (χ4v) is 5.08. The van der Waals surface area contributed by atoms with E-state index in [0.717, 1.165) is 21.9 Å². The minimum absolute atomic E-state index is 0.121. The van der Waals surface area contributed by atoms with Crippen LogP contribution in [0.2, 0.25) is 0 Å². The molecule has 4 rings (SSSR count). The summed E-state index contributed by atoms with van der Waals surface area (Å²) in [5.74, 6) is 0.121.